The predicted molar refractivity (Wildman–Crippen MR) is 94.7 cm³/mol. The standard InChI is InChI=1S/C15H23ClN2O5S/c1-5-6-7-17-15(19)10-18(24(4,20)21)12-9-13(22-2)11(16)8-14(12)23-3/h8-9H,5-7,10H2,1-4H3,(H,17,19). The van der Waals surface area contributed by atoms with Crippen molar-refractivity contribution in [3.8, 4) is 11.5 Å². The van der Waals surface area contributed by atoms with Crippen LogP contribution in [-0.4, -0.2) is 47.9 Å². The van der Waals surface area contributed by atoms with Crippen LogP contribution < -0.4 is 19.1 Å². The third-order valence-corrected chi connectivity index (χ3v) is 4.68. The lowest BCUT2D eigenvalue weighted by Gasteiger charge is -2.24. The van der Waals surface area contributed by atoms with Crippen LogP contribution >= 0.6 is 11.6 Å². The number of hydrogen-bond donors (Lipinski definition) is 1. The third-order valence-electron chi connectivity index (χ3n) is 3.26. The van der Waals surface area contributed by atoms with E-state index < -0.39 is 15.9 Å². The minimum absolute atomic E-state index is 0.187. The lowest BCUT2D eigenvalue weighted by molar-refractivity contribution is -0.119. The predicted octanol–water partition coefficient (Wildman–Crippen LogP) is 2.04. The summed E-state index contributed by atoms with van der Waals surface area (Å²) in [4.78, 5) is 12.1. The Kier molecular flexibility index (Phi) is 7.62. The van der Waals surface area contributed by atoms with Gasteiger partial charge in [-0.1, -0.05) is 24.9 Å². The van der Waals surface area contributed by atoms with Crippen LogP contribution in [0.4, 0.5) is 5.69 Å². The van der Waals surface area contributed by atoms with Gasteiger partial charge in [-0.3, -0.25) is 9.10 Å². The molecule has 0 saturated carbocycles. The smallest absolute Gasteiger partial charge is 0.240 e. The average Bonchev–Trinajstić information content (AvgIpc) is 2.51. The van der Waals surface area contributed by atoms with E-state index in [1.54, 1.807) is 0 Å². The van der Waals surface area contributed by atoms with Gasteiger partial charge >= 0.3 is 0 Å². The van der Waals surface area contributed by atoms with Gasteiger partial charge in [-0.05, 0) is 6.42 Å². The number of sulfonamides is 1. The zero-order valence-electron chi connectivity index (χ0n) is 14.3. The van der Waals surface area contributed by atoms with Crippen molar-refractivity contribution >= 4 is 33.2 Å². The van der Waals surface area contributed by atoms with E-state index in [-0.39, 0.29) is 28.8 Å². The molecule has 1 N–H and O–H groups in total. The topological polar surface area (TPSA) is 84.9 Å². The molecule has 0 aliphatic rings. The molecule has 0 aliphatic heterocycles. The third kappa shape index (κ3) is 5.45. The maximum Gasteiger partial charge on any atom is 0.240 e. The number of unbranched alkanes of at least 4 members (excludes halogenated alkanes) is 1. The molecule has 24 heavy (non-hydrogen) atoms. The molecule has 0 atom stereocenters. The molecule has 0 fully saturated rings. The summed E-state index contributed by atoms with van der Waals surface area (Å²) in [7, 11) is -0.912. The summed E-state index contributed by atoms with van der Waals surface area (Å²) in [5.74, 6) is 0.116. The Morgan fingerprint density at radius 2 is 1.88 bits per heavy atom. The SMILES string of the molecule is CCCCNC(=O)CN(c1cc(OC)c(Cl)cc1OC)S(C)(=O)=O. The largest absolute Gasteiger partial charge is 0.495 e. The van der Waals surface area contributed by atoms with Crippen molar-refractivity contribution in [2.24, 2.45) is 0 Å². The van der Waals surface area contributed by atoms with Gasteiger partial charge in [0.2, 0.25) is 15.9 Å². The number of halogens is 1. The molecule has 1 rings (SSSR count). The number of nitrogens with zero attached hydrogens (tertiary/aromatic N) is 1. The summed E-state index contributed by atoms with van der Waals surface area (Å²) in [6.45, 7) is 2.14. The molecule has 0 radical (unpaired) electrons. The highest BCUT2D eigenvalue weighted by Crippen LogP contribution is 2.38. The molecular formula is C15H23ClN2O5S. The quantitative estimate of drug-likeness (QED) is 0.664. The second-order valence-corrected chi connectivity index (χ2v) is 7.45. The van der Waals surface area contributed by atoms with Crippen molar-refractivity contribution in [3.63, 3.8) is 0 Å². The summed E-state index contributed by atoms with van der Waals surface area (Å²) in [6, 6.07) is 2.88. The van der Waals surface area contributed by atoms with Crippen LogP contribution in [0.1, 0.15) is 19.8 Å². The summed E-state index contributed by atoms with van der Waals surface area (Å²) in [5.41, 5.74) is 0.187. The Hall–Kier alpha value is -1.67. The van der Waals surface area contributed by atoms with Crippen molar-refractivity contribution in [1.82, 2.24) is 5.32 Å². The Morgan fingerprint density at radius 1 is 1.25 bits per heavy atom. The molecule has 1 amide bonds. The van der Waals surface area contributed by atoms with E-state index in [0.29, 0.717) is 6.54 Å². The van der Waals surface area contributed by atoms with Gasteiger partial charge in [0.15, 0.2) is 0 Å². The fraction of sp³-hybridized carbons (Fsp3) is 0.533. The van der Waals surface area contributed by atoms with E-state index in [9.17, 15) is 13.2 Å². The fourth-order valence-corrected chi connectivity index (χ4v) is 3.09. The number of ether oxygens (including phenoxy) is 2. The highest BCUT2D eigenvalue weighted by atomic mass is 35.5. The second-order valence-electron chi connectivity index (χ2n) is 5.13. The van der Waals surface area contributed by atoms with E-state index in [2.05, 4.69) is 5.32 Å². The summed E-state index contributed by atoms with van der Waals surface area (Å²) < 4.78 is 35.6. The Labute approximate surface area is 147 Å². The number of hydrogen-bond acceptors (Lipinski definition) is 5. The van der Waals surface area contributed by atoms with Gasteiger partial charge in [0.25, 0.3) is 0 Å². The molecule has 0 heterocycles. The van der Waals surface area contributed by atoms with E-state index in [1.807, 2.05) is 6.92 Å². The van der Waals surface area contributed by atoms with Crippen molar-refractivity contribution in [2.75, 3.05) is 37.9 Å². The van der Waals surface area contributed by atoms with Crippen LogP contribution in [0.3, 0.4) is 0 Å². The van der Waals surface area contributed by atoms with Gasteiger partial charge in [0.05, 0.1) is 31.2 Å². The number of amides is 1. The molecule has 1 aromatic carbocycles. The van der Waals surface area contributed by atoms with Gasteiger partial charge < -0.3 is 14.8 Å². The number of nitrogens with one attached hydrogen (secondary N) is 1. The Bertz CT molecular complexity index is 679. The highest BCUT2D eigenvalue weighted by Gasteiger charge is 2.25. The van der Waals surface area contributed by atoms with Gasteiger partial charge in [0.1, 0.15) is 18.0 Å². The van der Waals surface area contributed by atoms with E-state index >= 15 is 0 Å². The first-order valence-corrected chi connectivity index (χ1v) is 9.63. The molecule has 136 valence electrons. The number of benzene rings is 1. The zero-order valence-corrected chi connectivity index (χ0v) is 15.8. The summed E-state index contributed by atoms with van der Waals surface area (Å²) in [5, 5.41) is 2.97. The number of carbonyl (C=O) groups excluding carboxylic acids is 1. The average molecular weight is 379 g/mol. The summed E-state index contributed by atoms with van der Waals surface area (Å²) >= 11 is 6.04. The minimum Gasteiger partial charge on any atom is -0.495 e. The molecule has 0 bridgehead atoms. The van der Waals surface area contributed by atoms with E-state index in [1.165, 1.54) is 26.4 Å². The fourth-order valence-electron chi connectivity index (χ4n) is 2.01. The maximum absolute atomic E-state index is 12.2. The number of carbonyl (C=O) groups is 1. The summed E-state index contributed by atoms with van der Waals surface area (Å²) in [6.07, 6.45) is 2.77. The van der Waals surface area contributed by atoms with Crippen LogP contribution in [0, 0.1) is 0 Å². The number of rotatable bonds is 9. The lowest BCUT2D eigenvalue weighted by Crippen LogP contribution is -2.40. The lowest BCUT2D eigenvalue weighted by atomic mass is 10.2. The highest BCUT2D eigenvalue weighted by molar-refractivity contribution is 7.92. The first-order valence-electron chi connectivity index (χ1n) is 7.40. The minimum atomic E-state index is -3.72. The first-order chi connectivity index (χ1) is 11.2. The van der Waals surface area contributed by atoms with Gasteiger partial charge in [-0.25, -0.2) is 8.42 Å². The van der Waals surface area contributed by atoms with Crippen molar-refractivity contribution in [1.29, 1.82) is 0 Å². The number of methoxy groups -OCH3 is 2. The zero-order chi connectivity index (χ0) is 18.3. The van der Waals surface area contributed by atoms with Crippen molar-refractivity contribution < 1.29 is 22.7 Å². The number of anilines is 1. The normalized spacial score (nSPS) is 11.0. The molecule has 0 unspecified atom stereocenters. The maximum atomic E-state index is 12.2. The Morgan fingerprint density at radius 3 is 2.38 bits per heavy atom. The molecule has 1 aromatic rings. The molecule has 0 spiro atoms. The monoisotopic (exact) mass is 378 g/mol. The van der Waals surface area contributed by atoms with Gasteiger partial charge in [0, 0.05) is 18.7 Å². The molecule has 0 saturated heterocycles. The molecule has 0 aliphatic carbocycles. The second kappa shape index (κ2) is 8.98. The molecule has 7 nitrogen and oxygen atoms in total. The van der Waals surface area contributed by atoms with E-state index in [0.717, 1.165) is 23.4 Å². The van der Waals surface area contributed by atoms with E-state index in [4.69, 9.17) is 21.1 Å². The molecule has 0 aromatic heterocycles. The first kappa shape index (κ1) is 20.4. The molecule has 9 heteroatoms. The van der Waals surface area contributed by atoms with Gasteiger partial charge in [-0.15, -0.1) is 0 Å². The van der Waals surface area contributed by atoms with Crippen LogP contribution in [0.15, 0.2) is 12.1 Å². The van der Waals surface area contributed by atoms with Crippen LogP contribution in [0.5, 0.6) is 11.5 Å². The van der Waals surface area contributed by atoms with Gasteiger partial charge in [-0.2, -0.15) is 0 Å². The van der Waals surface area contributed by atoms with Crippen LogP contribution in [0.25, 0.3) is 0 Å². The Balaban J connectivity index is 3.20. The molecular weight excluding hydrogens is 356 g/mol. The van der Waals surface area contributed by atoms with Crippen molar-refractivity contribution in [2.45, 2.75) is 19.8 Å². The van der Waals surface area contributed by atoms with Crippen LogP contribution in [-0.2, 0) is 14.8 Å². The van der Waals surface area contributed by atoms with Crippen LogP contribution in [0.2, 0.25) is 5.02 Å². The van der Waals surface area contributed by atoms with Crippen molar-refractivity contribution in [3.05, 3.63) is 17.2 Å².